The minimum atomic E-state index is -1.05. The van der Waals surface area contributed by atoms with Gasteiger partial charge in [0.2, 0.25) is 11.8 Å². The largest absolute Gasteiger partial charge is 0.465 e. The van der Waals surface area contributed by atoms with Crippen LogP contribution in [0, 0.1) is 11.8 Å². The average Bonchev–Trinajstić information content (AvgIpc) is 3.47. The number of unbranched alkanes of at least 4 members (excludes halogenated alkanes) is 3. The van der Waals surface area contributed by atoms with Crippen molar-refractivity contribution in [2.45, 2.75) is 88.9 Å². The summed E-state index contributed by atoms with van der Waals surface area (Å²) >= 11 is 0. The Labute approximate surface area is 215 Å². The highest BCUT2D eigenvalue weighted by Gasteiger charge is 2.79. The molecule has 3 rings (SSSR count). The Morgan fingerprint density at radius 2 is 1.97 bits per heavy atom. The molecule has 3 fully saturated rings. The predicted molar refractivity (Wildman–Crippen MR) is 137 cm³/mol. The number of ether oxygens (including phenoxy) is 2. The number of likely N-dealkylation sites (tertiary alicyclic amines) is 1. The first-order valence-electron chi connectivity index (χ1n) is 13.7. The smallest absolute Gasteiger partial charge is 0.312 e. The molecule has 3 saturated heterocycles. The highest BCUT2D eigenvalue weighted by molar-refractivity contribution is 5.98. The Kier molecular flexibility index (Phi) is 9.75. The van der Waals surface area contributed by atoms with Crippen LogP contribution in [0.5, 0.6) is 0 Å². The Morgan fingerprint density at radius 3 is 2.61 bits per heavy atom. The minimum absolute atomic E-state index is 0.0164. The van der Waals surface area contributed by atoms with Crippen molar-refractivity contribution in [2.24, 2.45) is 11.8 Å². The quantitative estimate of drug-likeness (QED) is 0.197. The fraction of sp³-hybridized carbons (Fsp3) is 0.750. The van der Waals surface area contributed by atoms with Crippen LogP contribution in [0.2, 0.25) is 0 Å². The van der Waals surface area contributed by atoms with Crippen LogP contribution in [-0.2, 0) is 23.9 Å². The number of nitrogens with zero attached hydrogens (tertiary/aromatic N) is 2. The highest BCUT2D eigenvalue weighted by Crippen LogP contribution is 2.64. The van der Waals surface area contributed by atoms with Gasteiger partial charge in [-0.25, -0.2) is 0 Å². The fourth-order valence-electron chi connectivity index (χ4n) is 6.50. The second kappa shape index (κ2) is 12.4. The van der Waals surface area contributed by atoms with Crippen LogP contribution in [0.15, 0.2) is 25.3 Å². The Bertz CT molecular complexity index is 831. The molecule has 2 amide bonds. The molecule has 0 aromatic carbocycles. The van der Waals surface area contributed by atoms with Gasteiger partial charge >= 0.3 is 5.97 Å². The Morgan fingerprint density at radius 1 is 1.19 bits per heavy atom. The molecule has 3 heterocycles. The first kappa shape index (κ1) is 28.4. The van der Waals surface area contributed by atoms with Crippen LogP contribution in [0.25, 0.3) is 0 Å². The third-order valence-corrected chi connectivity index (χ3v) is 8.23. The van der Waals surface area contributed by atoms with Gasteiger partial charge in [0.25, 0.3) is 0 Å². The van der Waals surface area contributed by atoms with Gasteiger partial charge in [0, 0.05) is 26.2 Å². The van der Waals surface area contributed by atoms with E-state index in [1.807, 2.05) is 6.92 Å². The van der Waals surface area contributed by atoms with Crippen LogP contribution in [-0.4, -0.2) is 82.8 Å². The number of rotatable bonds is 16. The van der Waals surface area contributed by atoms with Gasteiger partial charge in [-0.1, -0.05) is 38.8 Å². The van der Waals surface area contributed by atoms with Crippen molar-refractivity contribution in [3.05, 3.63) is 25.3 Å². The summed E-state index contributed by atoms with van der Waals surface area (Å²) in [4.78, 5) is 44.9. The molecule has 36 heavy (non-hydrogen) atoms. The summed E-state index contributed by atoms with van der Waals surface area (Å²) in [6.45, 7) is 13.1. The zero-order valence-electron chi connectivity index (χ0n) is 22.1. The molecule has 0 aromatic rings. The van der Waals surface area contributed by atoms with Crippen LogP contribution in [0.4, 0.5) is 0 Å². The maximum Gasteiger partial charge on any atom is 0.312 e. The number of aliphatic hydroxyl groups is 1. The average molecular weight is 505 g/mol. The van der Waals surface area contributed by atoms with E-state index in [0.717, 1.165) is 19.3 Å². The lowest BCUT2D eigenvalue weighted by Gasteiger charge is -2.37. The maximum atomic E-state index is 14.2. The van der Waals surface area contributed by atoms with E-state index in [-0.39, 0.29) is 25.0 Å². The van der Waals surface area contributed by atoms with E-state index < -0.39 is 35.0 Å². The molecule has 202 valence electrons. The molecule has 0 saturated carbocycles. The Balaban J connectivity index is 1.99. The van der Waals surface area contributed by atoms with Gasteiger partial charge in [-0.2, -0.15) is 0 Å². The summed E-state index contributed by atoms with van der Waals surface area (Å²) in [7, 11) is 0. The number of fused-ring (bicyclic) bond motifs is 1. The number of hydrogen-bond acceptors (Lipinski definition) is 6. The van der Waals surface area contributed by atoms with Crippen molar-refractivity contribution in [1.82, 2.24) is 9.80 Å². The zero-order chi connectivity index (χ0) is 26.3. The van der Waals surface area contributed by atoms with Crippen molar-refractivity contribution >= 4 is 17.8 Å². The molecule has 2 bridgehead atoms. The third-order valence-electron chi connectivity index (χ3n) is 8.23. The minimum Gasteiger partial charge on any atom is -0.465 e. The fourth-order valence-corrected chi connectivity index (χ4v) is 6.50. The summed E-state index contributed by atoms with van der Waals surface area (Å²) < 4.78 is 12.3. The predicted octanol–water partition coefficient (Wildman–Crippen LogP) is 3.24. The number of amides is 2. The number of carbonyl (C=O) groups is 3. The summed E-state index contributed by atoms with van der Waals surface area (Å²) in [5, 5.41) is 9.33. The van der Waals surface area contributed by atoms with Gasteiger partial charge in [-0.3, -0.25) is 14.4 Å². The van der Waals surface area contributed by atoms with Crippen LogP contribution in [0.3, 0.4) is 0 Å². The van der Waals surface area contributed by atoms with E-state index in [0.29, 0.717) is 58.2 Å². The third kappa shape index (κ3) is 4.99. The first-order valence-corrected chi connectivity index (χ1v) is 13.7. The summed E-state index contributed by atoms with van der Waals surface area (Å²) in [6, 6.07) is -0.797. The monoisotopic (exact) mass is 504 g/mol. The number of hydrogen-bond donors (Lipinski definition) is 1. The topological polar surface area (TPSA) is 96.4 Å². The lowest BCUT2D eigenvalue weighted by atomic mass is 9.65. The summed E-state index contributed by atoms with van der Waals surface area (Å²) in [5.74, 6) is -2.25. The van der Waals surface area contributed by atoms with E-state index in [1.54, 1.807) is 22.0 Å². The molecule has 0 radical (unpaired) electrons. The maximum absolute atomic E-state index is 14.2. The molecule has 2 unspecified atom stereocenters. The van der Waals surface area contributed by atoms with E-state index in [9.17, 15) is 19.5 Å². The summed E-state index contributed by atoms with van der Waals surface area (Å²) in [6.07, 6.45) is 9.68. The standard InChI is InChI=1S/C28H44N2O6/c1-5-9-11-17-29(16-7-3)25(33)23-28-15-14-27(8-4,36-28)22(26(34)35-20-10-6-2)21(28)24(32)30(23)18-12-13-19-31/h6-7,21-23,31H,2-3,5,8-20H2,1,4H3/t21-,22+,23?,27-,28?/m0/s1. The molecule has 8 nitrogen and oxygen atoms in total. The molecular weight excluding hydrogens is 460 g/mol. The van der Waals surface area contributed by atoms with Crippen molar-refractivity contribution in [2.75, 3.05) is 32.8 Å². The molecule has 8 heteroatoms. The number of aliphatic hydroxyl groups excluding tert-OH is 1. The molecular formula is C28H44N2O6. The van der Waals surface area contributed by atoms with E-state index in [2.05, 4.69) is 20.1 Å². The van der Waals surface area contributed by atoms with E-state index in [4.69, 9.17) is 9.47 Å². The Hall–Kier alpha value is -2.19. The zero-order valence-corrected chi connectivity index (χ0v) is 22.1. The molecule has 3 aliphatic heterocycles. The van der Waals surface area contributed by atoms with Gasteiger partial charge in [-0.05, 0) is 44.9 Å². The molecule has 1 N–H and O–H groups in total. The van der Waals surface area contributed by atoms with E-state index in [1.165, 1.54) is 0 Å². The molecule has 0 aliphatic carbocycles. The molecule has 3 aliphatic rings. The van der Waals surface area contributed by atoms with Crippen LogP contribution < -0.4 is 0 Å². The normalized spacial score (nSPS) is 30.4. The second-order valence-corrected chi connectivity index (χ2v) is 10.3. The lowest BCUT2D eigenvalue weighted by molar-refractivity contribution is -0.161. The van der Waals surface area contributed by atoms with E-state index >= 15 is 0 Å². The van der Waals surface area contributed by atoms with Gasteiger partial charge in [0.05, 0.1) is 18.1 Å². The first-order chi connectivity index (χ1) is 17.4. The molecule has 1 spiro atoms. The van der Waals surface area contributed by atoms with Crippen LogP contribution in [0.1, 0.15) is 71.6 Å². The van der Waals surface area contributed by atoms with Crippen molar-refractivity contribution in [3.63, 3.8) is 0 Å². The van der Waals surface area contributed by atoms with Crippen molar-refractivity contribution < 1.29 is 29.0 Å². The summed E-state index contributed by atoms with van der Waals surface area (Å²) in [5.41, 5.74) is -1.84. The SMILES string of the molecule is C=CCCOC(=O)[C@H]1[C@H]2C(=O)N(CCCCO)C(C(=O)N(CC=C)CCCCC)C23CC[C@]1(CC)O3. The van der Waals surface area contributed by atoms with Gasteiger partial charge in [-0.15, -0.1) is 13.2 Å². The number of carbonyl (C=O) groups excluding carboxylic acids is 3. The van der Waals surface area contributed by atoms with Gasteiger partial charge < -0.3 is 24.4 Å². The van der Waals surface area contributed by atoms with Gasteiger partial charge in [0.1, 0.15) is 17.6 Å². The van der Waals surface area contributed by atoms with Crippen molar-refractivity contribution in [3.8, 4) is 0 Å². The second-order valence-electron chi connectivity index (χ2n) is 10.3. The van der Waals surface area contributed by atoms with Crippen LogP contribution >= 0.6 is 0 Å². The van der Waals surface area contributed by atoms with Crippen molar-refractivity contribution in [1.29, 1.82) is 0 Å². The number of esters is 1. The lowest BCUT2D eigenvalue weighted by Crippen LogP contribution is -2.56. The van der Waals surface area contributed by atoms with Gasteiger partial charge in [0.15, 0.2) is 0 Å². The molecule has 5 atom stereocenters. The highest BCUT2D eigenvalue weighted by atomic mass is 16.6. The molecule has 0 aromatic heterocycles.